The van der Waals surface area contributed by atoms with Gasteiger partial charge in [0.15, 0.2) is 12.0 Å². The van der Waals surface area contributed by atoms with E-state index in [0.717, 1.165) is 46.3 Å². The van der Waals surface area contributed by atoms with Crippen molar-refractivity contribution in [3.63, 3.8) is 0 Å². The molecule has 1 aromatic heterocycles. The predicted octanol–water partition coefficient (Wildman–Crippen LogP) is 7.48. The van der Waals surface area contributed by atoms with E-state index in [4.69, 9.17) is 19.2 Å². The molecule has 1 N–H and O–H groups in total. The second-order valence-corrected chi connectivity index (χ2v) is 11.1. The maximum absolute atomic E-state index is 12.7. The van der Waals surface area contributed by atoms with Crippen LogP contribution in [0.4, 0.5) is 5.95 Å². The number of unbranched alkanes of at least 4 members (excludes halogenated alkanes) is 1. The molecule has 1 aliphatic heterocycles. The maximum Gasteiger partial charge on any atom is 0.206 e. The van der Waals surface area contributed by atoms with Crippen molar-refractivity contribution in [1.82, 2.24) is 9.55 Å². The fraction of sp³-hybridized carbons (Fsp3) is 0.243. The number of Topliss-reactive ketones (excluding diaryl/α,β-unsaturated/α-hetero) is 1. The number of ether oxygens (including phenoxy) is 3. The number of nitroso groups, excluding NO2 is 1. The number of aromatic nitrogens is 2. The van der Waals surface area contributed by atoms with E-state index in [9.17, 15) is 9.70 Å². The van der Waals surface area contributed by atoms with Crippen molar-refractivity contribution in [1.29, 1.82) is 0 Å². The van der Waals surface area contributed by atoms with Crippen LogP contribution in [-0.2, 0) is 27.4 Å². The summed E-state index contributed by atoms with van der Waals surface area (Å²) in [6.45, 7) is 5.99. The van der Waals surface area contributed by atoms with Gasteiger partial charge in [0.05, 0.1) is 24.2 Å². The monoisotopic (exact) mass is 616 g/mol. The highest BCUT2D eigenvalue weighted by Crippen LogP contribution is 2.36. The first-order valence-corrected chi connectivity index (χ1v) is 15.4. The van der Waals surface area contributed by atoms with E-state index in [-0.39, 0.29) is 17.9 Å². The van der Waals surface area contributed by atoms with E-state index >= 15 is 0 Å². The number of rotatable bonds is 15. The van der Waals surface area contributed by atoms with E-state index in [0.29, 0.717) is 32.3 Å². The average molecular weight is 617 g/mol. The van der Waals surface area contributed by atoms with Crippen molar-refractivity contribution >= 4 is 22.8 Å². The van der Waals surface area contributed by atoms with Gasteiger partial charge in [0.1, 0.15) is 18.4 Å². The summed E-state index contributed by atoms with van der Waals surface area (Å²) in [7, 11) is 0. The van der Waals surface area contributed by atoms with Crippen molar-refractivity contribution in [3.8, 4) is 16.9 Å². The molecule has 2 heterocycles. The molecule has 4 aromatic carbocycles. The minimum atomic E-state index is -0.954. The Hall–Kier alpha value is -5.12. The van der Waals surface area contributed by atoms with Gasteiger partial charge in [-0.15, -0.1) is 0 Å². The summed E-state index contributed by atoms with van der Waals surface area (Å²) in [6.07, 6.45) is 0.00109. The molecule has 9 heteroatoms. The Morgan fingerprint density at radius 2 is 1.63 bits per heavy atom. The lowest BCUT2D eigenvalue weighted by Crippen LogP contribution is -2.19. The summed E-state index contributed by atoms with van der Waals surface area (Å²) in [6, 6.07) is 34.1. The Bertz CT molecular complexity index is 1810. The number of fused-ring (bicyclic) bond motifs is 1. The molecule has 0 saturated carbocycles. The van der Waals surface area contributed by atoms with E-state index in [1.54, 1.807) is 0 Å². The molecule has 0 unspecified atom stereocenters. The molecular weight excluding hydrogens is 580 g/mol. The number of imidazole rings is 1. The average Bonchev–Trinajstić information content (AvgIpc) is 3.60. The number of nitrogens with one attached hydrogen (secondary N) is 1. The van der Waals surface area contributed by atoms with Crippen molar-refractivity contribution in [2.24, 2.45) is 5.18 Å². The quantitative estimate of drug-likeness (QED) is 0.0739. The highest BCUT2D eigenvalue weighted by molar-refractivity contribution is 6.01. The van der Waals surface area contributed by atoms with Gasteiger partial charge < -0.3 is 19.5 Å². The minimum absolute atomic E-state index is 0.258. The Balaban J connectivity index is 1.15. The first-order chi connectivity index (χ1) is 22.6. The van der Waals surface area contributed by atoms with Crippen LogP contribution in [0.3, 0.4) is 0 Å². The van der Waals surface area contributed by atoms with Crippen molar-refractivity contribution in [3.05, 3.63) is 131 Å². The second-order valence-electron chi connectivity index (χ2n) is 11.1. The van der Waals surface area contributed by atoms with Crippen LogP contribution in [0.2, 0.25) is 0 Å². The SMILES string of the molecule is C=C1C(=O)[C@@H](CN=O)O[C@@H]1n1c(NCc2ccc(-c3ccccc3)c(OCCCCOCc3ccccc3)c2)nc2ccccc21. The van der Waals surface area contributed by atoms with E-state index in [1.807, 2.05) is 65.2 Å². The Morgan fingerprint density at radius 1 is 0.891 bits per heavy atom. The number of hydrogen-bond acceptors (Lipinski definition) is 8. The third-order valence-corrected chi connectivity index (χ3v) is 7.90. The summed E-state index contributed by atoms with van der Waals surface area (Å²) < 4.78 is 20.0. The molecule has 0 aliphatic carbocycles. The van der Waals surface area contributed by atoms with Crippen LogP contribution < -0.4 is 10.1 Å². The van der Waals surface area contributed by atoms with Crippen LogP contribution in [0.15, 0.2) is 120 Å². The normalized spacial score (nSPS) is 16.2. The zero-order valence-electron chi connectivity index (χ0n) is 25.5. The van der Waals surface area contributed by atoms with Crippen LogP contribution >= 0.6 is 0 Å². The largest absolute Gasteiger partial charge is 0.493 e. The highest BCUT2D eigenvalue weighted by atomic mass is 16.5. The zero-order chi connectivity index (χ0) is 31.7. The molecule has 0 spiro atoms. The Kier molecular flexibility index (Phi) is 9.92. The lowest BCUT2D eigenvalue weighted by molar-refractivity contribution is -0.121. The molecular formula is C37H36N4O5. The number of benzene rings is 4. The van der Waals surface area contributed by atoms with E-state index < -0.39 is 12.3 Å². The van der Waals surface area contributed by atoms with Gasteiger partial charge in [-0.25, -0.2) is 4.98 Å². The molecule has 9 nitrogen and oxygen atoms in total. The third-order valence-electron chi connectivity index (χ3n) is 7.90. The van der Waals surface area contributed by atoms with Gasteiger partial charge in [0.2, 0.25) is 5.95 Å². The first kappa shape index (κ1) is 30.9. The van der Waals surface area contributed by atoms with Crippen molar-refractivity contribution in [2.45, 2.75) is 38.3 Å². The van der Waals surface area contributed by atoms with Gasteiger partial charge in [-0.2, -0.15) is 4.91 Å². The number of hydrogen-bond donors (Lipinski definition) is 1. The third kappa shape index (κ3) is 7.06. The Labute approximate surface area is 267 Å². The Morgan fingerprint density at radius 3 is 2.43 bits per heavy atom. The van der Waals surface area contributed by atoms with Gasteiger partial charge in [0, 0.05) is 24.3 Å². The number of anilines is 1. The van der Waals surface area contributed by atoms with Gasteiger partial charge in [-0.1, -0.05) is 96.7 Å². The van der Waals surface area contributed by atoms with E-state index in [2.05, 4.69) is 59.5 Å². The number of nitrogens with zero attached hydrogens (tertiary/aromatic N) is 3. The van der Waals surface area contributed by atoms with Crippen LogP contribution in [-0.4, -0.2) is 41.2 Å². The fourth-order valence-corrected chi connectivity index (χ4v) is 5.53. The molecule has 0 bridgehead atoms. The van der Waals surface area contributed by atoms with Crippen LogP contribution in [0.5, 0.6) is 5.75 Å². The molecule has 6 rings (SSSR count). The summed E-state index contributed by atoms with van der Waals surface area (Å²) >= 11 is 0. The van der Waals surface area contributed by atoms with Crippen molar-refractivity contribution in [2.75, 3.05) is 25.1 Å². The molecule has 0 radical (unpaired) electrons. The topological polar surface area (TPSA) is 104 Å². The summed E-state index contributed by atoms with van der Waals surface area (Å²) in [5.74, 6) is 0.992. The number of para-hydroxylation sites is 2. The standard InChI is InChI=1S/C37H36N4O5/c1-26-35(42)34(24-39-43)46-36(26)41-32-17-9-8-16-31(32)40-37(41)38-23-28-18-19-30(29-14-6-3-7-15-29)33(22-28)45-21-11-10-20-44-25-27-12-4-2-5-13-27/h2-9,12-19,22,34,36H,1,10-11,20-21,23-25H2,(H,38,40)/t34-,36+/m1/s1. The molecule has 0 amide bonds. The van der Waals surface area contributed by atoms with Gasteiger partial charge in [-0.05, 0) is 47.7 Å². The number of carbonyl (C=O) groups excluding carboxylic acids is 1. The molecule has 5 aromatic rings. The number of ketones is 1. The molecule has 2 atom stereocenters. The summed E-state index contributed by atoms with van der Waals surface area (Å²) in [5.41, 5.74) is 6.02. The number of carbonyl (C=O) groups is 1. The lowest BCUT2D eigenvalue weighted by Gasteiger charge is -2.18. The lowest BCUT2D eigenvalue weighted by atomic mass is 10.0. The molecule has 1 saturated heterocycles. The van der Waals surface area contributed by atoms with Crippen LogP contribution in [0, 0.1) is 4.91 Å². The van der Waals surface area contributed by atoms with E-state index in [1.165, 1.54) is 5.56 Å². The molecule has 1 fully saturated rings. The smallest absolute Gasteiger partial charge is 0.206 e. The van der Waals surface area contributed by atoms with Gasteiger partial charge in [-0.3, -0.25) is 9.36 Å². The summed E-state index contributed by atoms with van der Waals surface area (Å²) in [5, 5.41) is 6.30. The predicted molar refractivity (Wildman–Crippen MR) is 178 cm³/mol. The summed E-state index contributed by atoms with van der Waals surface area (Å²) in [4.78, 5) is 28.4. The molecule has 46 heavy (non-hydrogen) atoms. The highest BCUT2D eigenvalue weighted by Gasteiger charge is 2.40. The minimum Gasteiger partial charge on any atom is -0.493 e. The van der Waals surface area contributed by atoms with Gasteiger partial charge in [0.25, 0.3) is 0 Å². The molecule has 1 aliphatic rings. The molecule has 234 valence electrons. The fourth-order valence-electron chi connectivity index (χ4n) is 5.53. The maximum atomic E-state index is 12.7. The first-order valence-electron chi connectivity index (χ1n) is 15.4. The second kappa shape index (κ2) is 14.8. The van der Waals surface area contributed by atoms with Gasteiger partial charge >= 0.3 is 0 Å². The van der Waals surface area contributed by atoms with Crippen LogP contribution in [0.1, 0.15) is 30.2 Å². The van der Waals surface area contributed by atoms with Crippen molar-refractivity contribution < 1.29 is 19.0 Å². The van der Waals surface area contributed by atoms with Crippen LogP contribution in [0.25, 0.3) is 22.2 Å². The zero-order valence-corrected chi connectivity index (χ0v) is 25.5.